The smallest absolute Gasteiger partial charge is 0.251 e. The molecule has 0 bridgehead atoms. The van der Waals surface area contributed by atoms with Crippen LogP contribution >= 0.6 is 0 Å². The zero-order chi connectivity index (χ0) is 21.6. The molecule has 0 saturated carbocycles. The Labute approximate surface area is 173 Å². The highest BCUT2D eigenvalue weighted by Crippen LogP contribution is 2.25. The van der Waals surface area contributed by atoms with Crippen molar-refractivity contribution in [2.24, 2.45) is 0 Å². The van der Waals surface area contributed by atoms with Crippen LogP contribution < -0.4 is 10.1 Å². The number of nitrogens with zero attached hydrogens (tertiary/aromatic N) is 1. The van der Waals surface area contributed by atoms with Gasteiger partial charge in [0.25, 0.3) is 5.91 Å². The van der Waals surface area contributed by atoms with Crippen LogP contribution in [0.3, 0.4) is 0 Å². The predicted octanol–water partition coefficient (Wildman–Crippen LogP) is 3.74. The van der Waals surface area contributed by atoms with Gasteiger partial charge in [0.05, 0.1) is 11.5 Å². The van der Waals surface area contributed by atoms with Gasteiger partial charge in [0.15, 0.2) is 0 Å². The van der Waals surface area contributed by atoms with Crippen molar-refractivity contribution in [1.29, 1.82) is 0 Å². The lowest BCUT2D eigenvalue weighted by Crippen LogP contribution is -2.32. The van der Waals surface area contributed by atoms with Crippen molar-refractivity contribution in [3.05, 3.63) is 59.2 Å². The summed E-state index contributed by atoms with van der Waals surface area (Å²) >= 11 is 0. The molecule has 158 valence electrons. The molecule has 2 aromatic rings. The summed E-state index contributed by atoms with van der Waals surface area (Å²) in [5.41, 5.74) is 2.11. The van der Waals surface area contributed by atoms with E-state index in [1.807, 2.05) is 27.7 Å². The van der Waals surface area contributed by atoms with Gasteiger partial charge >= 0.3 is 0 Å². The fourth-order valence-electron chi connectivity index (χ4n) is 2.76. The lowest BCUT2D eigenvalue weighted by molar-refractivity contribution is 0.0939. The van der Waals surface area contributed by atoms with Gasteiger partial charge < -0.3 is 10.1 Å². The van der Waals surface area contributed by atoms with Gasteiger partial charge in [-0.25, -0.2) is 8.42 Å². The van der Waals surface area contributed by atoms with E-state index in [9.17, 15) is 13.2 Å². The molecule has 0 saturated heterocycles. The second kappa shape index (κ2) is 9.89. The summed E-state index contributed by atoms with van der Waals surface area (Å²) in [4.78, 5) is 12.7. The summed E-state index contributed by atoms with van der Waals surface area (Å²) < 4.78 is 32.8. The third-order valence-electron chi connectivity index (χ3n) is 4.73. The molecule has 0 heterocycles. The summed E-state index contributed by atoms with van der Waals surface area (Å²) in [6.45, 7) is 8.25. The van der Waals surface area contributed by atoms with Crippen molar-refractivity contribution in [2.75, 3.05) is 13.7 Å². The lowest BCUT2D eigenvalue weighted by Gasteiger charge is -2.20. The highest BCUT2D eigenvalue weighted by molar-refractivity contribution is 7.89. The summed E-state index contributed by atoms with van der Waals surface area (Å²) in [6, 6.07) is 11.9. The van der Waals surface area contributed by atoms with Crippen molar-refractivity contribution in [2.45, 2.75) is 51.6 Å². The van der Waals surface area contributed by atoms with Gasteiger partial charge in [-0.1, -0.05) is 24.6 Å². The molecule has 1 amide bonds. The normalized spacial score (nSPS) is 12.6. The maximum Gasteiger partial charge on any atom is 0.251 e. The average molecular weight is 419 g/mol. The molecule has 2 rings (SSSR count). The Morgan fingerprint density at radius 3 is 2.38 bits per heavy atom. The number of sulfonamides is 1. The van der Waals surface area contributed by atoms with E-state index in [1.54, 1.807) is 42.5 Å². The molecule has 1 N–H and O–H groups in total. The number of rotatable bonds is 9. The number of nitrogens with one attached hydrogen (secondary N) is 1. The zero-order valence-corrected chi connectivity index (χ0v) is 18.5. The van der Waals surface area contributed by atoms with E-state index in [-0.39, 0.29) is 23.4 Å². The first-order valence-corrected chi connectivity index (χ1v) is 11.2. The predicted molar refractivity (Wildman–Crippen MR) is 115 cm³/mol. The van der Waals surface area contributed by atoms with Crippen LogP contribution in [-0.2, 0) is 16.6 Å². The van der Waals surface area contributed by atoms with Crippen LogP contribution in [-0.4, -0.2) is 38.3 Å². The zero-order valence-electron chi connectivity index (χ0n) is 17.7. The van der Waals surface area contributed by atoms with Gasteiger partial charge in [-0.3, -0.25) is 4.79 Å². The van der Waals surface area contributed by atoms with Gasteiger partial charge in [-0.15, -0.1) is 0 Å². The van der Waals surface area contributed by atoms with Crippen LogP contribution in [0.25, 0.3) is 0 Å². The topological polar surface area (TPSA) is 75.7 Å². The van der Waals surface area contributed by atoms with Crippen molar-refractivity contribution < 1.29 is 17.9 Å². The average Bonchev–Trinajstić information content (AvgIpc) is 2.69. The number of carbonyl (C=O) groups is 1. The van der Waals surface area contributed by atoms with E-state index in [1.165, 1.54) is 11.4 Å². The Morgan fingerprint density at radius 1 is 1.14 bits per heavy atom. The Hall–Kier alpha value is -2.38. The van der Waals surface area contributed by atoms with Crippen LogP contribution in [0.15, 0.2) is 47.4 Å². The van der Waals surface area contributed by atoms with Crippen molar-refractivity contribution >= 4 is 15.9 Å². The molecule has 0 aromatic heterocycles. The minimum absolute atomic E-state index is 0.0575. The Balaban J connectivity index is 2.32. The molecule has 0 aliphatic rings. The van der Waals surface area contributed by atoms with Crippen molar-refractivity contribution in [1.82, 2.24) is 9.62 Å². The molecule has 0 fully saturated rings. The molecule has 1 atom stereocenters. The van der Waals surface area contributed by atoms with Crippen LogP contribution in [0.4, 0.5) is 0 Å². The van der Waals surface area contributed by atoms with E-state index < -0.39 is 10.0 Å². The molecular weight excluding hydrogens is 388 g/mol. The summed E-state index contributed by atoms with van der Waals surface area (Å²) in [5.74, 6) is 0.381. The Bertz CT molecular complexity index is 940. The summed E-state index contributed by atoms with van der Waals surface area (Å²) in [5, 5.41) is 2.93. The number of amides is 1. The van der Waals surface area contributed by atoms with Gasteiger partial charge in [0, 0.05) is 30.8 Å². The first-order valence-electron chi connectivity index (χ1n) is 9.78. The standard InChI is InChI=1S/C22H30N2O4S/c1-6-17(4)23-22(25)18-10-13-21(28-7-2)19(14-18)15-24(5)29(26,27)20-11-8-16(3)9-12-20/h8-14,17H,6-7,15H2,1-5H3,(H,23,25)/t17-/m1/s1. The maximum atomic E-state index is 12.9. The first kappa shape index (κ1) is 22.9. The van der Waals surface area contributed by atoms with Crippen LogP contribution in [0.2, 0.25) is 0 Å². The molecule has 6 nitrogen and oxygen atoms in total. The van der Waals surface area contributed by atoms with Crippen LogP contribution in [0.5, 0.6) is 5.75 Å². The van der Waals surface area contributed by atoms with E-state index in [2.05, 4.69) is 5.32 Å². The molecule has 0 aliphatic heterocycles. The van der Waals surface area contributed by atoms with Crippen molar-refractivity contribution in [3.8, 4) is 5.75 Å². The quantitative estimate of drug-likeness (QED) is 0.673. The van der Waals surface area contributed by atoms with Crippen molar-refractivity contribution in [3.63, 3.8) is 0 Å². The number of aryl methyl sites for hydroxylation is 1. The fourth-order valence-corrected chi connectivity index (χ4v) is 3.91. The first-order chi connectivity index (χ1) is 13.7. The second-order valence-electron chi connectivity index (χ2n) is 7.11. The summed E-state index contributed by atoms with van der Waals surface area (Å²) in [7, 11) is -2.14. The number of ether oxygens (including phenoxy) is 1. The van der Waals surface area contributed by atoms with E-state index in [0.717, 1.165) is 12.0 Å². The lowest BCUT2D eigenvalue weighted by atomic mass is 10.1. The number of hydrogen-bond acceptors (Lipinski definition) is 4. The molecule has 2 aromatic carbocycles. The molecule has 0 spiro atoms. The number of carbonyl (C=O) groups excluding carboxylic acids is 1. The van der Waals surface area contributed by atoms with Gasteiger partial charge in [-0.05, 0) is 57.5 Å². The molecule has 0 unspecified atom stereocenters. The van der Waals surface area contributed by atoms with Crippen LogP contribution in [0, 0.1) is 6.92 Å². The fraction of sp³-hybridized carbons (Fsp3) is 0.409. The van der Waals surface area contributed by atoms with Gasteiger partial charge in [0.2, 0.25) is 10.0 Å². The minimum atomic E-state index is -3.66. The molecule has 0 aliphatic carbocycles. The third-order valence-corrected chi connectivity index (χ3v) is 6.55. The van der Waals surface area contributed by atoms with E-state index in [4.69, 9.17) is 4.74 Å². The Kier molecular flexibility index (Phi) is 7.81. The summed E-state index contributed by atoms with van der Waals surface area (Å²) in [6.07, 6.45) is 0.827. The molecule has 29 heavy (non-hydrogen) atoms. The third kappa shape index (κ3) is 5.81. The highest BCUT2D eigenvalue weighted by atomic mass is 32.2. The number of hydrogen-bond donors (Lipinski definition) is 1. The Morgan fingerprint density at radius 2 is 1.79 bits per heavy atom. The second-order valence-corrected chi connectivity index (χ2v) is 9.16. The van der Waals surface area contributed by atoms with E-state index >= 15 is 0 Å². The molecule has 0 radical (unpaired) electrons. The van der Waals surface area contributed by atoms with E-state index in [0.29, 0.717) is 23.5 Å². The highest BCUT2D eigenvalue weighted by Gasteiger charge is 2.23. The SMILES string of the molecule is CCOc1ccc(C(=O)N[C@H](C)CC)cc1CN(C)S(=O)(=O)c1ccc(C)cc1. The minimum Gasteiger partial charge on any atom is -0.494 e. The van der Waals surface area contributed by atoms with Gasteiger partial charge in [-0.2, -0.15) is 4.31 Å². The van der Waals surface area contributed by atoms with Gasteiger partial charge in [0.1, 0.15) is 5.75 Å². The maximum absolute atomic E-state index is 12.9. The monoisotopic (exact) mass is 418 g/mol. The molecular formula is C22H30N2O4S. The van der Waals surface area contributed by atoms with Crippen LogP contribution in [0.1, 0.15) is 48.7 Å². The molecule has 7 heteroatoms. The number of benzene rings is 2. The largest absolute Gasteiger partial charge is 0.494 e.